The molecule has 29 heavy (non-hydrogen) atoms. The molecule has 0 saturated carbocycles. The van der Waals surface area contributed by atoms with Gasteiger partial charge in [-0.2, -0.15) is 26.3 Å². The first-order chi connectivity index (χ1) is 13.1. The van der Waals surface area contributed by atoms with Crippen molar-refractivity contribution >= 4 is 12.4 Å². The number of ether oxygens (including phenoxy) is 1. The van der Waals surface area contributed by atoms with E-state index in [1.54, 1.807) is 18.2 Å². The molecule has 0 radical (unpaired) electrons. The third-order valence-electron chi connectivity index (χ3n) is 4.62. The van der Waals surface area contributed by atoms with Crippen molar-refractivity contribution in [1.82, 2.24) is 5.32 Å². The van der Waals surface area contributed by atoms with Crippen LogP contribution in [-0.2, 0) is 19.0 Å². The van der Waals surface area contributed by atoms with Crippen LogP contribution in [0.5, 0.6) is 5.75 Å². The Hall–Kier alpha value is -1.93. The van der Waals surface area contributed by atoms with E-state index in [-0.39, 0.29) is 30.1 Å². The van der Waals surface area contributed by atoms with E-state index in [0.29, 0.717) is 17.9 Å². The Bertz CT molecular complexity index is 783. The third kappa shape index (κ3) is 6.27. The standard InChI is InChI=1S/C20H19F6NO.ClH/c21-19(22,23)15-8-13(9-16(11-15)20(24,25)26)12-28-17-5-3-4-14(10-17)18-6-1-2-7-27-18;/h3-5,8-11,18,27H,1-2,6-7,12H2;1H. The van der Waals surface area contributed by atoms with E-state index < -0.39 is 30.1 Å². The molecule has 2 aromatic carbocycles. The van der Waals surface area contributed by atoms with Gasteiger partial charge < -0.3 is 10.1 Å². The molecule has 1 aliphatic heterocycles. The predicted octanol–water partition coefficient (Wildman–Crippen LogP) is 6.54. The first kappa shape index (κ1) is 23.3. The minimum absolute atomic E-state index is 0. The highest BCUT2D eigenvalue weighted by atomic mass is 35.5. The monoisotopic (exact) mass is 439 g/mol. The smallest absolute Gasteiger partial charge is 0.416 e. The molecule has 0 aromatic heterocycles. The average molecular weight is 440 g/mol. The van der Waals surface area contributed by atoms with Gasteiger partial charge in [0, 0.05) is 6.04 Å². The Balaban J connectivity index is 0.00000300. The molecule has 160 valence electrons. The van der Waals surface area contributed by atoms with Gasteiger partial charge in [-0.1, -0.05) is 18.6 Å². The van der Waals surface area contributed by atoms with E-state index in [1.807, 2.05) is 6.07 Å². The fraction of sp³-hybridized carbons (Fsp3) is 0.400. The Morgan fingerprint density at radius 2 is 1.55 bits per heavy atom. The first-order valence-corrected chi connectivity index (χ1v) is 8.87. The number of piperidine rings is 1. The van der Waals surface area contributed by atoms with Crippen molar-refractivity contribution in [1.29, 1.82) is 0 Å². The van der Waals surface area contributed by atoms with Crippen LogP contribution < -0.4 is 10.1 Å². The van der Waals surface area contributed by atoms with E-state index in [1.165, 1.54) is 0 Å². The molecule has 1 fully saturated rings. The van der Waals surface area contributed by atoms with Crippen molar-refractivity contribution in [2.24, 2.45) is 0 Å². The number of hydrogen-bond donors (Lipinski definition) is 1. The van der Waals surface area contributed by atoms with E-state index >= 15 is 0 Å². The SMILES string of the molecule is Cl.FC(F)(F)c1cc(COc2cccc(C3CCCCN3)c2)cc(C(F)(F)F)c1. The van der Waals surface area contributed by atoms with E-state index in [2.05, 4.69) is 5.32 Å². The highest BCUT2D eigenvalue weighted by Gasteiger charge is 2.36. The maximum absolute atomic E-state index is 12.9. The molecule has 1 N–H and O–H groups in total. The zero-order chi connectivity index (χ0) is 20.4. The second-order valence-corrected chi connectivity index (χ2v) is 6.78. The van der Waals surface area contributed by atoms with Gasteiger partial charge in [0.2, 0.25) is 0 Å². The van der Waals surface area contributed by atoms with Crippen LogP contribution in [0, 0.1) is 0 Å². The highest BCUT2D eigenvalue weighted by molar-refractivity contribution is 5.85. The molecule has 0 bridgehead atoms. The van der Waals surface area contributed by atoms with Gasteiger partial charge in [0.15, 0.2) is 0 Å². The number of alkyl halides is 6. The molecule has 0 aliphatic carbocycles. The highest BCUT2D eigenvalue weighted by Crippen LogP contribution is 2.36. The van der Waals surface area contributed by atoms with Crippen molar-refractivity contribution < 1.29 is 31.1 Å². The van der Waals surface area contributed by atoms with Crippen LogP contribution in [0.25, 0.3) is 0 Å². The Morgan fingerprint density at radius 3 is 2.10 bits per heavy atom. The van der Waals surface area contributed by atoms with Gasteiger partial charge in [0.05, 0.1) is 11.1 Å². The zero-order valence-corrected chi connectivity index (χ0v) is 16.1. The molecule has 1 unspecified atom stereocenters. The predicted molar refractivity (Wildman–Crippen MR) is 99.1 cm³/mol. The van der Waals surface area contributed by atoms with Crippen LogP contribution in [0.3, 0.4) is 0 Å². The van der Waals surface area contributed by atoms with Gasteiger partial charge in [-0.3, -0.25) is 0 Å². The topological polar surface area (TPSA) is 21.3 Å². The lowest BCUT2D eigenvalue weighted by atomic mass is 9.97. The maximum Gasteiger partial charge on any atom is 0.416 e. The van der Waals surface area contributed by atoms with Gasteiger partial charge in [-0.15, -0.1) is 12.4 Å². The summed E-state index contributed by atoms with van der Waals surface area (Å²) >= 11 is 0. The number of benzene rings is 2. The third-order valence-corrected chi connectivity index (χ3v) is 4.62. The molecule has 1 atom stereocenters. The molecule has 3 rings (SSSR count). The lowest BCUT2D eigenvalue weighted by Crippen LogP contribution is -2.26. The molecule has 1 saturated heterocycles. The Morgan fingerprint density at radius 1 is 0.897 bits per heavy atom. The van der Waals surface area contributed by atoms with Crippen LogP contribution in [0.4, 0.5) is 26.3 Å². The summed E-state index contributed by atoms with van der Waals surface area (Å²) < 4.78 is 83.2. The van der Waals surface area contributed by atoms with Crippen LogP contribution in [-0.4, -0.2) is 6.54 Å². The molecule has 9 heteroatoms. The van der Waals surface area contributed by atoms with Crippen molar-refractivity contribution in [3.05, 3.63) is 64.7 Å². The van der Waals surface area contributed by atoms with Crippen LogP contribution in [0.1, 0.15) is 47.6 Å². The van der Waals surface area contributed by atoms with Crippen LogP contribution >= 0.6 is 12.4 Å². The van der Waals surface area contributed by atoms with Gasteiger partial charge in [0.1, 0.15) is 12.4 Å². The van der Waals surface area contributed by atoms with Crippen LogP contribution in [0.15, 0.2) is 42.5 Å². The summed E-state index contributed by atoms with van der Waals surface area (Å²) in [7, 11) is 0. The molecule has 1 aliphatic rings. The van der Waals surface area contributed by atoms with Crippen molar-refractivity contribution in [2.75, 3.05) is 6.54 Å². The van der Waals surface area contributed by atoms with Crippen molar-refractivity contribution in [2.45, 2.75) is 44.3 Å². The quantitative estimate of drug-likeness (QED) is 0.546. The number of rotatable bonds is 4. The fourth-order valence-corrected chi connectivity index (χ4v) is 3.23. The number of halogens is 7. The molecule has 1 heterocycles. The van der Waals surface area contributed by atoms with Crippen molar-refractivity contribution in [3.8, 4) is 5.75 Å². The lowest BCUT2D eigenvalue weighted by Gasteiger charge is -2.24. The summed E-state index contributed by atoms with van der Waals surface area (Å²) in [5.74, 6) is 0.399. The largest absolute Gasteiger partial charge is 0.489 e. The average Bonchev–Trinajstić information content (AvgIpc) is 2.66. The summed E-state index contributed by atoms with van der Waals surface area (Å²) in [6.07, 6.45) is -6.59. The summed E-state index contributed by atoms with van der Waals surface area (Å²) in [4.78, 5) is 0. The van der Waals surface area contributed by atoms with E-state index in [9.17, 15) is 26.3 Å². The molecular weight excluding hydrogens is 420 g/mol. The second kappa shape index (κ2) is 9.26. The van der Waals surface area contributed by atoms with Gasteiger partial charge >= 0.3 is 12.4 Å². The first-order valence-electron chi connectivity index (χ1n) is 8.87. The summed E-state index contributed by atoms with van der Waals surface area (Å²) in [5, 5.41) is 3.38. The molecule has 0 amide bonds. The summed E-state index contributed by atoms with van der Waals surface area (Å²) in [6.45, 7) is 0.509. The van der Waals surface area contributed by atoms with E-state index in [4.69, 9.17) is 4.74 Å². The second-order valence-electron chi connectivity index (χ2n) is 6.78. The maximum atomic E-state index is 12.9. The van der Waals surface area contributed by atoms with Gasteiger partial charge in [-0.25, -0.2) is 0 Å². The summed E-state index contributed by atoms with van der Waals surface area (Å²) in [6, 6.07) is 8.72. The fourth-order valence-electron chi connectivity index (χ4n) is 3.23. The lowest BCUT2D eigenvalue weighted by molar-refractivity contribution is -0.143. The Kier molecular flexibility index (Phi) is 7.45. The zero-order valence-electron chi connectivity index (χ0n) is 15.2. The van der Waals surface area contributed by atoms with Gasteiger partial charge in [-0.05, 0) is 60.8 Å². The minimum Gasteiger partial charge on any atom is -0.489 e. The van der Waals surface area contributed by atoms with Gasteiger partial charge in [0.25, 0.3) is 0 Å². The minimum atomic E-state index is -4.87. The summed E-state index contributed by atoms with van der Waals surface area (Å²) in [5.41, 5.74) is -1.90. The molecule has 0 spiro atoms. The van der Waals surface area contributed by atoms with Crippen molar-refractivity contribution in [3.63, 3.8) is 0 Å². The Labute approximate surface area is 170 Å². The van der Waals surface area contributed by atoms with E-state index in [0.717, 1.165) is 31.4 Å². The normalized spacial score (nSPS) is 17.5. The molecular formula is C20H20ClF6NO. The molecule has 2 nitrogen and oxygen atoms in total. The van der Waals surface area contributed by atoms with Crippen LogP contribution in [0.2, 0.25) is 0 Å². The number of hydrogen-bond acceptors (Lipinski definition) is 2. The number of nitrogens with one attached hydrogen (secondary N) is 1. The molecule has 2 aromatic rings.